The molecule has 0 fully saturated rings. The molecule has 5 heteroatoms. The lowest BCUT2D eigenvalue weighted by Crippen LogP contribution is -1.98. The van der Waals surface area contributed by atoms with Crippen molar-refractivity contribution in [1.29, 1.82) is 0 Å². The number of rotatable bonds is 1. The summed E-state index contributed by atoms with van der Waals surface area (Å²) in [4.78, 5) is 10.2. The van der Waals surface area contributed by atoms with E-state index < -0.39 is 5.97 Å². The number of aromatic nitrogens is 2. The summed E-state index contributed by atoms with van der Waals surface area (Å²) in [6.45, 7) is 0. The van der Waals surface area contributed by atoms with E-state index in [4.69, 9.17) is 10.2 Å². The van der Waals surface area contributed by atoms with Crippen molar-refractivity contribution in [1.82, 2.24) is 9.78 Å². The fourth-order valence-electron chi connectivity index (χ4n) is 0.562. The molecular formula is C5H6N2O3. The van der Waals surface area contributed by atoms with Crippen molar-refractivity contribution >= 4 is 5.97 Å². The minimum Gasteiger partial charge on any atom is -0.493 e. The number of aromatic carboxylic acids is 1. The monoisotopic (exact) mass is 142 g/mol. The molecule has 0 aliphatic carbocycles. The van der Waals surface area contributed by atoms with Crippen LogP contribution >= 0.6 is 0 Å². The van der Waals surface area contributed by atoms with E-state index in [9.17, 15) is 4.79 Å². The van der Waals surface area contributed by atoms with Gasteiger partial charge in [0.05, 0.1) is 0 Å². The molecule has 0 atom stereocenters. The van der Waals surface area contributed by atoms with Gasteiger partial charge in [0.2, 0.25) is 5.88 Å². The van der Waals surface area contributed by atoms with Crippen LogP contribution in [0.15, 0.2) is 6.07 Å². The van der Waals surface area contributed by atoms with E-state index in [0.29, 0.717) is 0 Å². The van der Waals surface area contributed by atoms with Gasteiger partial charge >= 0.3 is 5.97 Å². The summed E-state index contributed by atoms with van der Waals surface area (Å²) in [6, 6.07) is 1.09. The number of nitrogens with zero attached hydrogens (tertiary/aromatic N) is 2. The summed E-state index contributed by atoms with van der Waals surface area (Å²) in [5, 5.41) is 20.6. The summed E-state index contributed by atoms with van der Waals surface area (Å²) in [6.07, 6.45) is 0. The zero-order chi connectivity index (χ0) is 7.72. The van der Waals surface area contributed by atoms with Gasteiger partial charge < -0.3 is 10.2 Å². The maximum atomic E-state index is 10.2. The highest BCUT2D eigenvalue weighted by molar-refractivity contribution is 5.85. The molecule has 0 amide bonds. The first kappa shape index (κ1) is 6.60. The molecule has 1 rings (SSSR count). The minimum absolute atomic E-state index is 0.153. The lowest BCUT2D eigenvalue weighted by molar-refractivity contribution is 0.0689. The van der Waals surface area contributed by atoms with Gasteiger partial charge in [-0.25, -0.2) is 9.48 Å². The van der Waals surface area contributed by atoms with Crippen LogP contribution in [-0.2, 0) is 7.05 Å². The van der Waals surface area contributed by atoms with E-state index in [0.717, 1.165) is 10.7 Å². The second-order valence-electron chi connectivity index (χ2n) is 1.82. The van der Waals surface area contributed by atoms with Gasteiger partial charge in [-0.3, -0.25) is 0 Å². The molecule has 0 radical (unpaired) electrons. The van der Waals surface area contributed by atoms with E-state index in [-0.39, 0.29) is 11.6 Å². The molecule has 0 aliphatic heterocycles. The third kappa shape index (κ3) is 0.928. The van der Waals surface area contributed by atoms with E-state index >= 15 is 0 Å². The quantitative estimate of drug-likeness (QED) is 0.570. The molecule has 0 saturated heterocycles. The average Bonchev–Trinajstić information content (AvgIpc) is 2.13. The first-order chi connectivity index (χ1) is 4.61. The van der Waals surface area contributed by atoms with Crippen molar-refractivity contribution in [3.8, 4) is 5.88 Å². The van der Waals surface area contributed by atoms with Gasteiger partial charge in [0.1, 0.15) is 0 Å². The molecule has 10 heavy (non-hydrogen) atoms. The molecule has 54 valence electrons. The van der Waals surface area contributed by atoms with Gasteiger partial charge in [0, 0.05) is 13.1 Å². The third-order valence-corrected chi connectivity index (χ3v) is 1.07. The Labute approximate surface area is 56.5 Å². The molecule has 1 heterocycles. The van der Waals surface area contributed by atoms with E-state index in [2.05, 4.69) is 5.10 Å². The predicted octanol–water partition coefficient (Wildman–Crippen LogP) is -0.176. The number of carboxylic acids is 1. The van der Waals surface area contributed by atoms with Gasteiger partial charge in [-0.05, 0) is 0 Å². The van der Waals surface area contributed by atoms with Gasteiger partial charge in [0.15, 0.2) is 5.69 Å². The standard InChI is InChI=1S/C5H6N2O3/c1-7-4(8)2-3(6-7)5(9)10/h2,8H,1H3,(H,9,10). The number of hydrogen-bond acceptors (Lipinski definition) is 3. The highest BCUT2D eigenvalue weighted by Crippen LogP contribution is 2.08. The van der Waals surface area contributed by atoms with Crippen molar-refractivity contribution in [3.05, 3.63) is 11.8 Å². The van der Waals surface area contributed by atoms with Crippen molar-refractivity contribution in [2.75, 3.05) is 0 Å². The predicted molar refractivity (Wildman–Crippen MR) is 31.8 cm³/mol. The zero-order valence-corrected chi connectivity index (χ0v) is 5.27. The van der Waals surface area contributed by atoms with E-state index in [1.54, 1.807) is 0 Å². The highest BCUT2D eigenvalue weighted by atomic mass is 16.4. The lowest BCUT2D eigenvalue weighted by Gasteiger charge is -1.86. The van der Waals surface area contributed by atoms with E-state index in [1.807, 2.05) is 0 Å². The number of carbonyl (C=O) groups is 1. The Morgan fingerprint density at radius 1 is 1.80 bits per heavy atom. The van der Waals surface area contributed by atoms with Crippen molar-refractivity contribution in [2.45, 2.75) is 0 Å². The SMILES string of the molecule is Cn1nc(C(=O)O)cc1O. The van der Waals surface area contributed by atoms with Crippen molar-refractivity contribution in [3.63, 3.8) is 0 Å². The number of aromatic hydroxyl groups is 1. The van der Waals surface area contributed by atoms with Crippen LogP contribution in [0.3, 0.4) is 0 Å². The summed E-state index contributed by atoms with van der Waals surface area (Å²) in [5.74, 6) is -1.30. The fraction of sp³-hybridized carbons (Fsp3) is 0.200. The molecule has 0 spiro atoms. The largest absolute Gasteiger partial charge is 0.493 e. The molecule has 1 aromatic heterocycles. The zero-order valence-electron chi connectivity index (χ0n) is 5.27. The van der Waals surface area contributed by atoms with Crippen LogP contribution in [0, 0.1) is 0 Å². The van der Waals surface area contributed by atoms with Crippen LogP contribution in [0.4, 0.5) is 0 Å². The smallest absolute Gasteiger partial charge is 0.356 e. The molecular weight excluding hydrogens is 136 g/mol. The Morgan fingerprint density at radius 2 is 2.40 bits per heavy atom. The summed E-state index contributed by atoms with van der Waals surface area (Å²) in [7, 11) is 1.46. The number of hydrogen-bond donors (Lipinski definition) is 2. The Hall–Kier alpha value is -1.52. The molecule has 0 aromatic carbocycles. The highest BCUT2D eigenvalue weighted by Gasteiger charge is 2.08. The van der Waals surface area contributed by atoms with Crippen LogP contribution in [0.2, 0.25) is 0 Å². The molecule has 0 saturated carbocycles. The van der Waals surface area contributed by atoms with Crippen LogP contribution in [0.25, 0.3) is 0 Å². The minimum atomic E-state index is -1.14. The van der Waals surface area contributed by atoms with Gasteiger partial charge in [-0.2, -0.15) is 5.10 Å². The maximum Gasteiger partial charge on any atom is 0.356 e. The topological polar surface area (TPSA) is 75.4 Å². The molecule has 0 bridgehead atoms. The molecule has 1 aromatic rings. The Kier molecular flexibility index (Phi) is 1.33. The number of carboxylic acid groups (broad SMARTS) is 1. The maximum absolute atomic E-state index is 10.2. The second kappa shape index (κ2) is 2.02. The number of aryl methyl sites for hydroxylation is 1. The molecule has 0 unspecified atom stereocenters. The molecule has 0 aliphatic rings. The lowest BCUT2D eigenvalue weighted by atomic mass is 10.4. The van der Waals surface area contributed by atoms with Crippen molar-refractivity contribution in [2.24, 2.45) is 7.05 Å². The normalized spacial score (nSPS) is 9.70. The van der Waals surface area contributed by atoms with Crippen LogP contribution in [-0.4, -0.2) is 26.0 Å². The Bertz CT molecular complexity index is 246. The first-order valence-electron chi connectivity index (χ1n) is 2.57. The van der Waals surface area contributed by atoms with Gasteiger partial charge in [-0.1, -0.05) is 0 Å². The third-order valence-electron chi connectivity index (χ3n) is 1.07. The summed E-state index contributed by atoms with van der Waals surface area (Å²) < 4.78 is 1.09. The molecule has 2 N–H and O–H groups in total. The van der Waals surface area contributed by atoms with Crippen molar-refractivity contribution < 1.29 is 15.0 Å². The van der Waals surface area contributed by atoms with Crippen LogP contribution in [0.5, 0.6) is 5.88 Å². The van der Waals surface area contributed by atoms with Gasteiger partial charge in [-0.15, -0.1) is 0 Å². The average molecular weight is 142 g/mol. The second-order valence-corrected chi connectivity index (χ2v) is 1.82. The Morgan fingerprint density at radius 3 is 2.60 bits per heavy atom. The van der Waals surface area contributed by atoms with Crippen LogP contribution < -0.4 is 0 Å². The van der Waals surface area contributed by atoms with E-state index in [1.165, 1.54) is 7.05 Å². The van der Waals surface area contributed by atoms with Gasteiger partial charge in [0.25, 0.3) is 0 Å². The fourth-order valence-corrected chi connectivity index (χ4v) is 0.562. The summed E-state index contributed by atoms with van der Waals surface area (Å²) >= 11 is 0. The Balaban J connectivity index is 3.10. The first-order valence-corrected chi connectivity index (χ1v) is 2.57. The van der Waals surface area contributed by atoms with Crippen LogP contribution in [0.1, 0.15) is 10.5 Å². The summed E-state index contributed by atoms with van der Waals surface area (Å²) in [5.41, 5.74) is -0.153. The molecule has 5 nitrogen and oxygen atoms in total.